The highest BCUT2D eigenvalue weighted by Gasteiger charge is 2.27. The van der Waals surface area contributed by atoms with Gasteiger partial charge in [0.2, 0.25) is 11.8 Å². The van der Waals surface area contributed by atoms with Gasteiger partial charge in [0.05, 0.1) is 6.42 Å². The van der Waals surface area contributed by atoms with Crippen molar-refractivity contribution < 1.29 is 14.0 Å². The van der Waals surface area contributed by atoms with Gasteiger partial charge < -0.3 is 10.2 Å². The van der Waals surface area contributed by atoms with Crippen molar-refractivity contribution in [3.63, 3.8) is 0 Å². The molecule has 2 amide bonds. The van der Waals surface area contributed by atoms with Crippen molar-refractivity contribution in [1.29, 1.82) is 0 Å². The van der Waals surface area contributed by atoms with Gasteiger partial charge in [-0.1, -0.05) is 48.9 Å². The molecule has 2 rings (SSSR count). The molecule has 1 N–H and O–H groups in total. The summed E-state index contributed by atoms with van der Waals surface area (Å²) in [6.45, 7) is 4.11. The van der Waals surface area contributed by atoms with Gasteiger partial charge in [0, 0.05) is 13.6 Å². The fourth-order valence-electron chi connectivity index (χ4n) is 2.97. The first-order valence-electron chi connectivity index (χ1n) is 8.75. The largest absolute Gasteiger partial charge is 0.357 e. The van der Waals surface area contributed by atoms with Crippen LogP contribution in [0.2, 0.25) is 0 Å². The lowest BCUT2D eigenvalue weighted by molar-refractivity contribution is -0.140. The van der Waals surface area contributed by atoms with Crippen LogP contribution >= 0.6 is 0 Å². The van der Waals surface area contributed by atoms with Gasteiger partial charge >= 0.3 is 0 Å². The minimum Gasteiger partial charge on any atom is -0.357 e. The Bertz CT molecular complexity index is 759. The van der Waals surface area contributed by atoms with Crippen LogP contribution in [-0.4, -0.2) is 29.8 Å². The van der Waals surface area contributed by atoms with Crippen LogP contribution in [0.1, 0.15) is 30.0 Å². The summed E-state index contributed by atoms with van der Waals surface area (Å²) in [6.07, 6.45) is 0.719. The molecule has 0 bridgehead atoms. The van der Waals surface area contributed by atoms with Gasteiger partial charge in [0.15, 0.2) is 0 Å². The maximum atomic E-state index is 13.2. The number of aryl methyl sites for hydroxylation is 1. The highest BCUT2D eigenvalue weighted by atomic mass is 19.1. The van der Waals surface area contributed by atoms with Crippen molar-refractivity contribution in [3.05, 3.63) is 71.0 Å². The molecular formula is C21H25FN2O2. The number of nitrogens with zero attached hydrogens (tertiary/aromatic N) is 1. The predicted octanol–water partition coefficient (Wildman–Crippen LogP) is 3.23. The number of benzene rings is 2. The van der Waals surface area contributed by atoms with Crippen molar-refractivity contribution in [2.24, 2.45) is 0 Å². The number of hydrogen-bond acceptors (Lipinski definition) is 2. The van der Waals surface area contributed by atoms with Crippen LogP contribution in [0.4, 0.5) is 4.39 Å². The van der Waals surface area contributed by atoms with Crippen molar-refractivity contribution >= 4 is 11.8 Å². The average molecular weight is 356 g/mol. The SMILES string of the molecule is CC[C@@H](C(=O)NC)N(Cc1ccc(F)cc1)C(=O)Cc1cccc(C)c1. The summed E-state index contributed by atoms with van der Waals surface area (Å²) in [6, 6.07) is 13.2. The number of carbonyl (C=O) groups is 2. The zero-order chi connectivity index (χ0) is 19.1. The maximum Gasteiger partial charge on any atom is 0.242 e. The normalized spacial score (nSPS) is 11.7. The quantitative estimate of drug-likeness (QED) is 0.828. The first kappa shape index (κ1) is 19.6. The van der Waals surface area contributed by atoms with E-state index in [-0.39, 0.29) is 30.6 Å². The van der Waals surface area contributed by atoms with Crippen LogP contribution in [0.3, 0.4) is 0 Å². The summed E-state index contributed by atoms with van der Waals surface area (Å²) in [7, 11) is 1.56. The maximum absolute atomic E-state index is 13.2. The lowest BCUT2D eigenvalue weighted by Crippen LogP contribution is -2.48. The van der Waals surface area contributed by atoms with E-state index in [1.54, 1.807) is 24.1 Å². The van der Waals surface area contributed by atoms with Gasteiger partial charge in [0.25, 0.3) is 0 Å². The summed E-state index contributed by atoms with van der Waals surface area (Å²) in [5.74, 6) is -0.660. The van der Waals surface area contributed by atoms with Crippen LogP contribution in [0, 0.1) is 12.7 Å². The molecule has 5 heteroatoms. The molecule has 0 aliphatic rings. The molecule has 0 saturated carbocycles. The van der Waals surface area contributed by atoms with E-state index < -0.39 is 6.04 Å². The second-order valence-electron chi connectivity index (χ2n) is 6.35. The summed E-state index contributed by atoms with van der Waals surface area (Å²) in [5.41, 5.74) is 2.77. The minimum atomic E-state index is -0.567. The second-order valence-corrected chi connectivity index (χ2v) is 6.35. The van der Waals surface area contributed by atoms with E-state index in [0.29, 0.717) is 6.42 Å². The Morgan fingerprint density at radius 3 is 2.38 bits per heavy atom. The third kappa shape index (κ3) is 5.15. The monoisotopic (exact) mass is 356 g/mol. The highest BCUT2D eigenvalue weighted by Crippen LogP contribution is 2.15. The third-order valence-electron chi connectivity index (χ3n) is 4.34. The Balaban J connectivity index is 2.27. The molecular weight excluding hydrogens is 331 g/mol. The van der Waals surface area contributed by atoms with Crippen molar-refractivity contribution in [2.75, 3.05) is 7.05 Å². The summed E-state index contributed by atoms with van der Waals surface area (Å²) in [4.78, 5) is 26.8. The van der Waals surface area contributed by atoms with Crippen LogP contribution in [-0.2, 0) is 22.6 Å². The Morgan fingerprint density at radius 1 is 1.12 bits per heavy atom. The molecule has 0 heterocycles. The Labute approximate surface area is 154 Å². The lowest BCUT2D eigenvalue weighted by atomic mass is 10.1. The summed E-state index contributed by atoms with van der Waals surface area (Å²) >= 11 is 0. The minimum absolute atomic E-state index is 0.129. The predicted molar refractivity (Wildman–Crippen MR) is 100.0 cm³/mol. The molecule has 1 atom stereocenters. The molecule has 0 saturated heterocycles. The van der Waals surface area contributed by atoms with E-state index in [0.717, 1.165) is 16.7 Å². The smallest absolute Gasteiger partial charge is 0.242 e. The van der Waals surface area contributed by atoms with E-state index in [1.165, 1.54) is 12.1 Å². The average Bonchev–Trinajstić information content (AvgIpc) is 2.62. The van der Waals surface area contributed by atoms with E-state index in [1.807, 2.05) is 38.1 Å². The fourth-order valence-corrected chi connectivity index (χ4v) is 2.97. The number of likely N-dealkylation sites (N-methyl/N-ethyl adjacent to an activating group) is 1. The van der Waals surface area contributed by atoms with Crippen LogP contribution in [0.5, 0.6) is 0 Å². The van der Waals surface area contributed by atoms with E-state index in [9.17, 15) is 14.0 Å². The molecule has 0 aliphatic heterocycles. The Hall–Kier alpha value is -2.69. The van der Waals surface area contributed by atoms with Crippen LogP contribution in [0.25, 0.3) is 0 Å². The fraction of sp³-hybridized carbons (Fsp3) is 0.333. The lowest BCUT2D eigenvalue weighted by Gasteiger charge is -2.30. The highest BCUT2D eigenvalue weighted by molar-refractivity contribution is 5.88. The second kappa shape index (κ2) is 9.13. The number of carbonyl (C=O) groups excluding carboxylic acids is 2. The zero-order valence-corrected chi connectivity index (χ0v) is 15.5. The first-order valence-corrected chi connectivity index (χ1v) is 8.75. The Morgan fingerprint density at radius 2 is 1.81 bits per heavy atom. The van der Waals surface area contributed by atoms with Gasteiger partial charge in [0.1, 0.15) is 11.9 Å². The standard InChI is InChI=1S/C21H25FN2O2/c1-4-19(21(26)23-3)24(14-16-8-10-18(22)11-9-16)20(25)13-17-7-5-6-15(2)12-17/h5-12,19H,4,13-14H2,1-3H3,(H,23,26)/t19-/m0/s1. The summed E-state index contributed by atoms with van der Waals surface area (Å²) < 4.78 is 13.2. The Kier molecular flexibility index (Phi) is 6.89. The molecule has 0 radical (unpaired) electrons. The number of amides is 2. The topological polar surface area (TPSA) is 49.4 Å². The first-order chi connectivity index (χ1) is 12.4. The van der Waals surface area contributed by atoms with Crippen LogP contribution in [0.15, 0.2) is 48.5 Å². The van der Waals surface area contributed by atoms with E-state index >= 15 is 0 Å². The van der Waals surface area contributed by atoms with Crippen molar-refractivity contribution in [1.82, 2.24) is 10.2 Å². The number of hydrogen-bond donors (Lipinski definition) is 1. The molecule has 0 aromatic heterocycles. The van der Waals surface area contributed by atoms with Crippen molar-refractivity contribution in [2.45, 2.75) is 39.3 Å². The van der Waals surface area contributed by atoms with Crippen molar-refractivity contribution in [3.8, 4) is 0 Å². The van der Waals surface area contributed by atoms with E-state index in [2.05, 4.69) is 5.32 Å². The molecule has 4 nitrogen and oxygen atoms in total. The third-order valence-corrected chi connectivity index (χ3v) is 4.34. The molecule has 0 fully saturated rings. The molecule has 2 aromatic carbocycles. The number of halogens is 1. The van der Waals surface area contributed by atoms with Crippen LogP contribution < -0.4 is 5.32 Å². The van der Waals surface area contributed by atoms with Gasteiger partial charge in [-0.05, 0) is 36.6 Å². The van der Waals surface area contributed by atoms with Gasteiger partial charge in [-0.2, -0.15) is 0 Å². The number of rotatable bonds is 7. The van der Waals surface area contributed by atoms with E-state index in [4.69, 9.17) is 0 Å². The number of nitrogens with one attached hydrogen (secondary N) is 1. The molecule has 26 heavy (non-hydrogen) atoms. The molecule has 0 aliphatic carbocycles. The van der Waals surface area contributed by atoms with Gasteiger partial charge in [-0.25, -0.2) is 4.39 Å². The van der Waals surface area contributed by atoms with Gasteiger partial charge in [-0.15, -0.1) is 0 Å². The molecule has 138 valence electrons. The zero-order valence-electron chi connectivity index (χ0n) is 15.5. The summed E-state index contributed by atoms with van der Waals surface area (Å²) in [5, 5.41) is 2.63. The molecule has 0 spiro atoms. The van der Waals surface area contributed by atoms with Gasteiger partial charge in [-0.3, -0.25) is 9.59 Å². The molecule has 0 unspecified atom stereocenters. The molecule has 2 aromatic rings.